The molecule has 0 spiro atoms. The van der Waals surface area contributed by atoms with Gasteiger partial charge in [-0.1, -0.05) is 52.9 Å². The maximum Gasteiger partial charge on any atom is 0.000242 e. The molecular formula is C14H29N. The molecule has 1 aliphatic carbocycles. The quantitative estimate of drug-likeness (QED) is 0.655. The van der Waals surface area contributed by atoms with Crippen molar-refractivity contribution in [3.05, 3.63) is 0 Å². The van der Waals surface area contributed by atoms with Gasteiger partial charge in [0.25, 0.3) is 0 Å². The second-order valence-electron chi connectivity index (χ2n) is 5.99. The van der Waals surface area contributed by atoms with E-state index in [0.717, 1.165) is 5.92 Å². The third-order valence-corrected chi connectivity index (χ3v) is 4.01. The van der Waals surface area contributed by atoms with Crippen LogP contribution in [-0.2, 0) is 0 Å². The van der Waals surface area contributed by atoms with Crippen LogP contribution in [0, 0.1) is 11.3 Å². The number of nitrogens with one attached hydrogen (secondary N) is 1. The van der Waals surface area contributed by atoms with E-state index in [-0.39, 0.29) is 0 Å². The fourth-order valence-corrected chi connectivity index (χ4v) is 2.33. The van der Waals surface area contributed by atoms with Gasteiger partial charge in [0.15, 0.2) is 0 Å². The molecule has 0 amide bonds. The third kappa shape index (κ3) is 5.55. The van der Waals surface area contributed by atoms with Crippen molar-refractivity contribution in [3.8, 4) is 0 Å². The fourth-order valence-electron chi connectivity index (χ4n) is 2.33. The first-order valence-corrected chi connectivity index (χ1v) is 6.85. The Bertz CT molecular complexity index is 157. The van der Waals surface area contributed by atoms with E-state index in [1.165, 1.54) is 58.0 Å². The van der Waals surface area contributed by atoms with E-state index < -0.39 is 0 Å². The molecule has 1 heteroatoms. The van der Waals surface area contributed by atoms with Crippen molar-refractivity contribution in [1.29, 1.82) is 0 Å². The number of hydrogen-bond acceptors (Lipinski definition) is 1. The Balaban J connectivity index is 2.00. The third-order valence-electron chi connectivity index (χ3n) is 4.01. The van der Waals surface area contributed by atoms with Crippen LogP contribution in [0.5, 0.6) is 0 Å². The zero-order valence-electron chi connectivity index (χ0n) is 10.9. The van der Waals surface area contributed by atoms with Crippen LogP contribution in [0.2, 0.25) is 0 Å². The Morgan fingerprint density at radius 1 is 1.13 bits per heavy atom. The molecule has 1 rings (SSSR count). The first kappa shape index (κ1) is 13.0. The van der Waals surface area contributed by atoms with E-state index >= 15 is 0 Å². The lowest BCUT2D eigenvalue weighted by molar-refractivity contribution is 0.301. The Morgan fingerprint density at radius 2 is 1.80 bits per heavy atom. The van der Waals surface area contributed by atoms with Crippen LogP contribution >= 0.6 is 0 Å². The molecule has 0 radical (unpaired) electrons. The summed E-state index contributed by atoms with van der Waals surface area (Å²) in [4.78, 5) is 0. The van der Waals surface area contributed by atoms with Crippen LogP contribution in [0.15, 0.2) is 0 Å². The monoisotopic (exact) mass is 211 g/mol. The van der Waals surface area contributed by atoms with Gasteiger partial charge >= 0.3 is 0 Å². The molecule has 0 saturated heterocycles. The standard InChI is InChI=1S/C14H29N/c1-4-14(2,3)12-15-11-10-13-8-6-5-7-9-13/h13,15H,4-12H2,1-3H3. The number of hydrogen-bond donors (Lipinski definition) is 1. The van der Waals surface area contributed by atoms with E-state index in [1.807, 2.05) is 0 Å². The first-order chi connectivity index (χ1) is 7.14. The Kier molecular flexibility index (Phi) is 5.66. The predicted molar refractivity (Wildman–Crippen MR) is 68.1 cm³/mol. The molecule has 1 fully saturated rings. The zero-order chi connectivity index (χ0) is 11.1. The maximum atomic E-state index is 3.62. The van der Waals surface area contributed by atoms with Crippen molar-refractivity contribution in [2.75, 3.05) is 13.1 Å². The molecule has 0 aromatic rings. The molecule has 0 atom stereocenters. The molecule has 1 N–H and O–H groups in total. The van der Waals surface area contributed by atoms with Crippen molar-refractivity contribution in [3.63, 3.8) is 0 Å². The maximum absolute atomic E-state index is 3.62. The summed E-state index contributed by atoms with van der Waals surface area (Å²) in [5.74, 6) is 1.02. The minimum Gasteiger partial charge on any atom is -0.316 e. The Hall–Kier alpha value is -0.0400. The zero-order valence-corrected chi connectivity index (χ0v) is 10.9. The summed E-state index contributed by atoms with van der Waals surface area (Å²) in [6.07, 6.45) is 10.1. The van der Waals surface area contributed by atoms with E-state index in [2.05, 4.69) is 26.1 Å². The van der Waals surface area contributed by atoms with E-state index in [1.54, 1.807) is 0 Å². The van der Waals surface area contributed by atoms with Gasteiger partial charge in [-0.05, 0) is 30.7 Å². The van der Waals surface area contributed by atoms with Crippen LogP contribution < -0.4 is 5.32 Å². The van der Waals surface area contributed by atoms with Gasteiger partial charge in [0.1, 0.15) is 0 Å². The van der Waals surface area contributed by atoms with Gasteiger partial charge < -0.3 is 5.32 Å². The van der Waals surface area contributed by atoms with Gasteiger partial charge in [-0.25, -0.2) is 0 Å². The number of rotatable bonds is 6. The van der Waals surface area contributed by atoms with Crippen LogP contribution in [0.3, 0.4) is 0 Å². The summed E-state index contributed by atoms with van der Waals surface area (Å²) in [6.45, 7) is 9.38. The van der Waals surface area contributed by atoms with Crippen LogP contribution in [0.25, 0.3) is 0 Å². The summed E-state index contributed by atoms with van der Waals surface area (Å²) in [5.41, 5.74) is 0.479. The Morgan fingerprint density at radius 3 is 2.40 bits per heavy atom. The molecule has 0 heterocycles. The summed E-state index contributed by atoms with van der Waals surface area (Å²) < 4.78 is 0. The highest BCUT2D eigenvalue weighted by Crippen LogP contribution is 2.26. The average molecular weight is 211 g/mol. The molecule has 0 bridgehead atoms. The lowest BCUT2D eigenvalue weighted by Crippen LogP contribution is -2.30. The highest BCUT2D eigenvalue weighted by molar-refractivity contribution is 4.71. The predicted octanol–water partition coefficient (Wildman–Crippen LogP) is 3.98. The van der Waals surface area contributed by atoms with Crippen LogP contribution in [0.1, 0.15) is 65.7 Å². The molecule has 1 nitrogen and oxygen atoms in total. The topological polar surface area (TPSA) is 12.0 Å². The summed E-state index contributed by atoms with van der Waals surface area (Å²) >= 11 is 0. The SMILES string of the molecule is CCC(C)(C)CNCCC1CCCCC1. The average Bonchev–Trinajstić information content (AvgIpc) is 2.26. The molecule has 90 valence electrons. The lowest BCUT2D eigenvalue weighted by atomic mass is 9.86. The van der Waals surface area contributed by atoms with Crippen molar-refractivity contribution < 1.29 is 0 Å². The van der Waals surface area contributed by atoms with Crippen molar-refractivity contribution in [2.24, 2.45) is 11.3 Å². The molecule has 0 aromatic heterocycles. The highest BCUT2D eigenvalue weighted by Gasteiger charge is 2.15. The summed E-state index contributed by atoms with van der Waals surface area (Å²) in [7, 11) is 0. The second-order valence-corrected chi connectivity index (χ2v) is 5.99. The Labute approximate surface area is 96.0 Å². The normalized spacial score (nSPS) is 19.4. The molecular weight excluding hydrogens is 182 g/mol. The van der Waals surface area contributed by atoms with E-state index in [0.29, 0.717) is 5.41 Å². The largest absolute Gasteiger partial charge is 0.316 e. The first-order valence-electron chi connectivity index (χ1n) is 6.85. The van der Waals surface area contributed by atoms with Gasteiger partial charge in [-0.2, -0.15) is 0 Å². The van der Waals surface area contributed by atoms with E-state index in [4.69, 9.17) is 0 Å². The van der Waals surface area contributed by atoms with Crippen molar-refractivity contribution in [1.82, 2.24) is 5.32 Å². The van der Waals surface area contributed by atoms with Gasteiger partial charge in [0, 0.05) is 6.54 Å². The molecule has 1 saturated carbocycles. The second kappa shape index (κ2) is 6.52. The summed E-state index contributed by atoms with van der Waals surface area (Å²) in [5, 5.41) is 3.62. The van der Waals surface area contributed by atoms with Crippen LogP contribution in [-0.4, -0.2) is 13.1 Å². The molecule has 0 aromatic carbocycles. The molecule has 0 aliphatic heterocycles. The highest BCUT2D eigenvalue weighted by atomic mass is 14.9. The van der Waals surface area contributed by atoms with Crippen molar-refractivity contribution in [2.45, 2.75) is 65.7 Å². The lowest BCUT2D eigenvalue weighted by Gasteiger charge is -2.25. The fraction of sp³-hybridized carbons (Fsp3) is 1.00. The van der Waals surface area contributed by atoms with Gasteiger partial charge in [0.05, 0.1) is 0 Å². The van der Waals surface area contributed by atoms with Crippen LogP contribution in [0.4, 0.5) is 0 Å². The smallest absolute Gasteiger partial charge is 0.000242 e. The minimum absolute atomic E-state index is 0.479. The molecule has 1 aliphatic rings. The van der Waals surface area contributed by atoms with Gasteiger partial charge in [-0.3, -0.25) is 0 Å². The van der Waals surface area contributed by atoms with Crippen molar-refractivity contribution >= 4 is 0 Å². The van der Waals surface area contributed by atoms with Gasteiger partial charge in [-0.15, -0.1) is 0 Å². The molecule has 15 heavy (non-hydrogen) atoms. The summed E-state index contributed by atoms with van der Waals surface area (Å²) in [6, 6.07) is 0. The van der Waals surface area contributed by atoms with E-state index in [9.17, 15) is 0 Å². The molecule has 0 unspecified atom stereocenters. The minimum atomic E-state index is 0.479. The van der Waals surface area contributed by atoms with Gasteiger partial charge in [0.2, 0.25) is 0 Å².